The van der Waals surface area contributed by atoms with Crippen LogP contribution in [0.2, 0.25) is 5.15 Å². The van der Waals surface area contributed by atoms with Crippen LogP contribution < -0.4 is 4.90 Å². The van der Waals surface area contributed by atoms with E-state index in [-0.39, 0.29) is 11.8 Å². The number of carbonyl (C=O) groups excluding carboxylic acids is 1. The molecule has 0 bridgehead atoms. The minimum atomic E-state index is 0.103. The average Bonchev–Trinajstić information content (AvgIpc) is 2.64. The molecule has 0 aliphatic carbocycles. The van der Waals surface area contributed by atoms with Crippen molar-refractivity contribution >= 4 is 57.4 Å². The molecule has 1 atom stereocenters. The van der Waals surface area contributed by atoms with E-state index in [0.717, 1.165) is 9.26 Å². The summed E-state index contributed by atoms with van der Waals surface area (Å²) in [7, 11) is 0. The van der Waals surface area contributed by atoms with E-state index in [9.17, 15) is 4.79 Å². The van der Waals surface area contributed by atoms with Crippen molar-refractivity contribution in [2.75, 3.05) is 17.3 Å². The summed E-state index contributed by atoms with van der Waals surface area (Å²) in [4.78, 5) is 17.5. The lowest BCUT2D eigenvalue weighted by Gasteiger charge is -2.18. The fourth-order valence-electron chi connectivity index (χ4n) is 1.74. The molecule has 2 heterocycles. The van der Waals surface area contributed by atoms with Gasteiger partial charge in [-0.3, -0.25) is 4.79 Å². The largest absolute Gasteiger partial charge is 0.311 e. The van der Waals surface area contributed by atoms with E-state index in [1.807, 2.05) is 6.07 Å². The summed E-state index contributed by atoms with van der Waals surface area (Å²) < 4.78 is 0.810. The first-order chi connectivity index (χ1) is 7.63. The van der Waals surface area contributed by atoms with Gasteiger partial charge in [0.25, 0.3) is 0 Å². The predicted octanol–water partition coefficient (Wildman–Crippen LogP) is 2.93. The molecule has 0 radical (unpaired) electrons. The highest BCUT2D eigenvalue weighted by Crippen LogP contribution is 2.32. The van der Waals surface area contributed by atoms with Crippen molar-refractivity contribution in [2.24, 2.45) is 5.92 Å². The first-order valence-electron chi connectivity index (χ1n) is 4.79. The highest BCUT2D eigenvalue weighted by molar-refractivity contribution is 14.1. The van der Waals surface area contributed by atoms with Gasteiger partial charge in [-0.15, -0.1) is 11.6 Å². The normalized spacial score (nSPS) is 20.6. The second kappa shape index (κ2) is 5.06. The van der Waals surface area contributed by atoms with Crippen molar-refractivity contribution < 1.29 is 4.79 Å². The van der Waals surface area contributed by atoms with Crippen LogP contribution in [0.3, 0.4) is 0 Å². The quantitative estimate of drug-likeness (QED) is 0.455. The minimum absolute atomic E-state index is 0.103. The molecule has 2 rings (SSSR count). The topological polar surface area (TPSA) is 33.2 Å². The predicted molar refractivity (Wildman–Crippen MR) is 73.1 cm³/mol. The van der Waals surface area contributed by atoms with Crippen LogP contribution >= 0.6 is 45.8 Å². The van der Waals surface area contributed by atoms with Gasteiger partial charge in [0, 0.05) is 25.0 Å². The zero-order valence-electron chi connectivity index (χ0n) is 8.29. The fourth-order valence-corrected chi connectivity index (χ4v) is 2.71. The van der Waals surface area contributed by atoms with E-state index in [2.05, 4.69) is 27.6 Å². The molecule has 16 heavy (non-hydrogen) atoms. The Morgan fingerprint density at radius 1 is 1.62 bits per heavy atom. The summed E-state index contributed by atoms with van der Waals surface area (Å²) in [6.45, 7) is 0.665. The highest BCUT2D eigenvalue weighted by Gasteiger charge is 2.31. The van der Waals surface area contributed by atoms with Crippen LogP contribution in [0, 0.1) is 9.49 Å². The molecule has 3 nitrogen and oxygen atoms in total. The van der Waals surface area contributed by atoms with Gasteiger partial charge in [-0.25, -0.2) is 4.98 Å². The van der Waals surface area contributed by atoms with E-state index in [0.29, 0.717) is 24.0 Å². The number of amides is 1. The fraction of sp³-hybridized carbons (Fsp3) is 0.400. The molecule has 0 saturated carbocycles. The van der Waals surface area contributed by atoms with E-state index in [4.69, 9.17) is 23.2 Å². The SMILES string of the molecule is O=C1CC(CCl)CN1c1ccnc(Cl)c1I. The number of anilines is 1. The first-order valence-corrected chi connectivity index (χ1v) is 6.79. The molecule has 1 saturated heterocycles. The molecule has 1 aromatic rings. The van der Waals surface area contributed by atoms with Gasteiger partial charge in [-0.2, -0.15) is 0 Å². The van der Waals surface area contributed by atoms with E-state index < -0.39 is 0 Å². The smallest absolute Gasteiger partial charge is 0.227 e. The molecule has 1 aromatic heterocycles. The van der Waals surface area contributed by atoms with Crippen LogP contribution in [0.15, 0.2) is 12.3 Å². The molecule has 86 valence electrons. The molecule has 1 amide bonds. The maximum Gasteiger partial charge on any atom is 0.227 e. The molecule has 0 spiro atoms. The third-order valence-electron chi connectivity index (χ3n) is 2.54. The maximum atomic E-state index is 11.8. The molecule has 1 fully saturated rings. The van der Waals surface area contributed by atoms with E-state index in [1.165, 1.54) is 0 Å². The van der Waals surface area contributed by atoms with E-state index >= 15 is 0 Å². The molecule has 1 unspecified atom stereocenters. The zero-order valence-corrected chi connectivity index (χ0v) is 12.0. The van der Waals surface area contributed by atoms with Gasteiger partial charge in [-0.05, 0) is 34.6 Å². The molecular formula is C10H9Cl2IN2O. The van der Waals surface area contributed by atoms with Crippen molar-refractivity contribution in [3.8, 4) is 0 Å². The Labute approximate surface area is 117 Å². The Kier molecular flexibility index (Phi) is 3.92. The number of halogens is 3. The number of carbonyl (C=O) groups is 1. The van der Waals surface area contributed by atoms with E-state index in [1.54, 1.807) is 11.1 Å². The Balaban J connectivity index is 2.31. The minimum Gasteiger partial charge on any atom is -0.311 e. The lowest BCUT2D eigenvalue weighted by atomic mass is 10.1. The summed E-state index contributed by atoms with van der Waals surface area (Å²) in [5, 5.41) is 0.431. The number of nitrogens with zero attached hydrogens (tertiary/aromatic N) is 2. The van der Waals surface area contributed by atoms with Crippen LogP contribution in [0.25, 0.3) is 0 Å². The molecule has 0 N–H and O–H groups in total. The van der Waals surface area contributed by atoms with Gasteiger partial charge >= 0.3 is 0 Å². The molecule has 1 aliphatic heterocycles. The lowest BCUT2D eigenvalue weighted by Crippen LogP contribution is -2.25. The summed E-state index contributed by atoms with van der Waals surface area (Å²) in [6.07, 6.45) is 2.13. The monoisotopic (exact) mass is 370 g/mol. The van der Waals surface area contributed by atoms with Gasteiger partial charge < -0.3 is 4.90 Å². The van der Waals surface area contributed by atoms with Crippen molar-refractivity contribution in [2.45, 2.75) is 6.42 Å². The Morgan fingerprint density at radius 3 is 3.00 bits per heavy atom. The van der Waals surface area contributed by atoms with Crippen LogP contribution in [-0.4, -0.2) is 23.3 Å². The molecule has 0 aromatic carbocycles. The Hall–Kier alpha value is -0.0700. The number of hydrogen-bond acceptors (Lipinski definition) is 2. The summed E-state index contributed by atoms with van der Waals surface area (Å²) >= 11 is 13.8. The van der Waals surface area contributed by atoms with Gasteiger partial charge in [0.15, 0.2) is 0 Å². The number of pyridine rings is 1. The summed E-state index contributed by atoms with van der Waals surface area (Å²) in [5.41, 5.74) is 0.832. The van der Waals surface area contributed by atoms with Gasteiger partial charge in [0.05, 0.1) is 9.26 Å². The Bertz CT molecular complexity index is 427. The number of alkyl halides is 1. The lowest BCUT2D eigenvalue weighted by molar-refractivity contribution is -0.117. The zero-order chi connectivity index (χ0) is 11.7. The molecular weight excluding hydrogens is 362 g/mol. The Morgan fingerprint density at radius 2 is 2.38 bits per heavy atom. The third-order valence-corrected chi connectivity index (χ3v) is 4.65. The standard InChI is InChI=1S/C10H9Cl2IN2O/c11-4-6-3-8(16)15(5-6)7-1-2-14-10(12)9(7)13/h1-2,6H,3-5H2. The van der Waals surface area contributed by atoms with Crippen molar-refractivity contribution in [3.05, 3.63) is 21.0 Å². The number of aromatic nitrogens is 1. The number of hydrogen-bond donors (Lipinski definition) is 0. The average molecular weight is 371 g/mol. The second-order valence-corrected chi connectivity index (χ2v) is 5.41. The highest BCUT2D eigenvalue weighted by atomic mass is 127. The van der Waals surface area contributed by atoms with Gasteiger partial charge in [-0.1, -0.05) is 11.6 Å². The maximum absolute atomic E-state index is 11.8. The molecule has 6 heteroatoms. The van der Waals surface area contributed by atoms with Gasteiger partial charge in [0.1, 0.15) is 5.15 Å². The summed E-state index contributed by atoms with van der Waals surface area (Å²) in [6, 6.07) is 1.81. The van der Waals surface area contributed by atoms with Crippen LogP contribution in [-0.2, 0) is 4.79 Å². The van der Waals surface area contributed by atoms with Crippen molar-refractivity contribution in [3.63, 3.8) is 0 Å². The van der Waals surface area contributed by atoms with Crippen molar-refractivity contribution in [1.82, 2.24) is 4.98 Å². The number of rotatable bonds is 2. The second-order valence-electron chi connectivity index (χ2n) is 3.66. The van der Waals surface area contributed by atoms with Crippen LogP contribution in [0.4, 0.5) is 5.69 Å². The first kappa shape index (κ1) is 12.4. The summed E-state index contributed by atoms with van der Waals surface area (Å²) in [5.74, 6) is 0.847. The van der Waals surface area contributed by atoms with Crippen LogP contribution in [0.1, 0.15) is 6.42 Å². The van der Waals surface area contributed by atoms with Crippen LogP contribution in [0.5, 0.6) is 0 Å². The molecule has 1 aliphatic rings. The van der Waals surface area contributed by atoms with Crippen molar-refractivity contribution in [1.29, 1.82) is 0 Å². The van der Waals surface area contributed by atoms with Gasteiger partial charge in [0.2, 0.25) is 5.91 Å². The third kappa shape index (κ3) is 2.28.